The second-order valence-corrected chi connectivity index (χ2v) is 8.18. The van der Waals surface area contributed by atoms with Crippen molar-refractivity contribution < 1.29 is 4.79 Å². The topological polar surface area (TPSA) is 60.9 Å². The van der Waals surface area contributed by atoms with Crippen molar-refractivity contribution in [1.82, 2.24) is 9.55 Å². The van der Waals surface area contributed by atoms with Gasteiger partial charge in [-0.2, -0.15) is 0 Å². The molecule has 3 aromatic carbocycles. The van der Waals surface area contributed by atoms with Crippen LogP contribution in [0.1, 0.15) is 28.5 Å². The van der Waals surface area contributed by atoms with Gasteiger partial charge in [0.15, 0.2) is 0 Å². The first kappa shape index (κ1) is 20.0. The van der Waals surface area contributed by atoms with Gasteiger partial charge in [-0.25, -0.2) is 0 Å². The van der Waals surface area contributed by atoms with E-state index in [9.17, 15) is 4.79 Å². The molecule has 5 rings (SSSR count). The largest absolute Gasteiger partial charge is 0.366 e. The minimum Gasteiger partial charge on any atom is -0.366 e. The van der Waals surface area contributed by atoms with Crippen molar-refractivity contribution in [3.05, 3.63) is 89.7 Å². The summed E-state index contributed by atoms with van der Waals surface area (Å²) < 4.78 is 2.18. The van der Waals surface area contributed by atoms with E-state index >= 15 is 0 Å². The minimum atomic E-state index is -0.406. The van der Waals surface area contributed by atoms with Gasteiger partial charge in [-0.1, -0.05) is 43.3 Å². The molecule has 0 atom stereocenters. The van der Waals surface area contributed by atoms with Crippen LogP contribution < -0.4 is 5.73 Å². The molecule has 0 bridgehead atoms. The molecular weight excluding hydrogens is 394 g/mol. The summed E-state index contributed by atoms with van der Waals surface area (Å²) in [5.41, 5.74) is 15.0. The van der Waals surface area contributed by atoms with Gasteiger partial charge in [0.25, 0.3) is 0 Å². The van der Waals surface area contributed by atoms with E-state index in [1.807, 2.05) is 36.5 Å². The smallest absolute Gasteiger partial charge is 0.249 e. The Morgan fingerprint density at radius 1 is 1.00 bits per heavy atom. The number of rotatable bonds is 4. The van der Waals surface area contributed by atoms with Crippen molar-refractivity contribution in [2.75, 3.05) is 0 Å². The van der Waals surface area contributed by atoms with Crippen LogP contribution in [-0.4, -0.2) is 15.5 Å². The van der Waals surface area contributed by atoms with Crippen LogP contribution in [0.15, 0.2) is 72.9 Å². The number of benzene rings is 3. The highest BCUT2D eigenvalue weighted by atomic mass is 16.1. The number of nitrogens with two attached hydrogens (primary N) is 1. The van der Waals surface area contributed by atoms with E-state index in [4.69, 9.17) is 5.73 Å². The molecule has 0 fully saturated rings. The number of hydrogen-bond acceptors (Lipinski definition) is 2. The zero-order valence-corrected chi connectivity index (χ0v) is 18.5. The second-order valence-electron chi connectivity index (χ2n) is 8.18. The summed E-state index contributed by atoms with van der Waals surface area (Å²) in [7, 11) is 2.07. The molecule has 0 unspecified atom stereocenters. The van der Waals surface area contributed by atoms with E-state index < -0.39 is 5.91 Å². The third-order valence-corrected chi connectivity index (χ3v) is 6.50. The number of primary amides is 1. The van der Waals surface area contributed by atoms with Gasteiger partial charge >= 0.3 is 0 Å². The Morgan fingerprint density at radius 3 is 2.59 bits per heavy atom. The molecule has 1 amide bonds. The van der Waals surface area contributed by atoms with Crippen molar-refractivity contribution in [2.45, 2.75) is 20.3 Å². The highest BCUT2D eigenvalue weighted by Crippen LogP contribution is 2.42. The lowest BCUT2D eigenvalue weighted by Crippen LogP contribution is -2.14. The fourth-order valence-electron chi connectivity index (χ4n) is 4.86. The second kappa shape index (κ2) is 7.65. The van der Waals surface area contributed by atoms with Gasteiger partial charge in [0.05, 0.1) is 5.52 Å². The lowest BCUT2D eigenvalue weighted by Gasteiger charge is -2.18. The maximum atomic E-state index is 12.5. The molecule has 5 aromatic rings. The first-order chi connectivity index (χ1) is 15.5. The number of para-hydroxylation sites is 1. The molecule has 32 heavy (non-hydrogen) atoms. The average Bonchev–Trinajstić information content (AvgIpc) is 3.07. The maximum absolute atomic E-state index is 12.5. The van der Waals surface area contributed by atoms with Crippen molar-refractivity contribution in [3.8, 4) is 22.3 Å². The molecule has 0 saturated carbocycles. The summed E-state index contributed by atoms with van der Waals surface area (Å²) in [5.74, 6) is -0.406. The molecule has 4 nitrogen and oxygen atoms in total. The monoisotopic (exact) mass is 419 g/mol. The number of carbonyl (C=O) groups is 1. The van der Waals surface area contributed by atoms with Gasteiger partial charge < -0.3 is 10.3 Å². The zero-order valence-electron chi connectivity index (χ0n) is 18.5. The van der Waals surface area contributed by atoms with Gasteiger partial charge in [-0.15, -0.1) is 0 Å². The Morgan fingerprint density at radius 2 is 1.81 bits per heavy atom. The predicted octanol–water partition coefficient (Wildman–Crippen LogP) is 6.03. The lowest BCUT2D eigenvalue weighted by atomic mass is 9.85. The first-order valence-electron chi connectivity index (χ1n) is 10.9. The number of nitrogens with zero attached hydrogens (tertiary/aromatic N) is 2. The zero-order chi connectivity index (χ0) is 22.4. The number of hydrogen-bond donors (Lipinski definition) is 1. The van der Waals surface area contributed by atoms with Gasteiger partial charge in [-0.3, -0.25) is 9.78 Å². The minimum absolute atomic E-state index is 0.406. The molecule has 4 heteroatoms. The fourth-order valence-corrected chi connectivity index (χ4v) is 4.86. The van der Waals surface area contributed by atoms with E-state index in [1.54, 1.807) is 0 Å². The Balaban J connectivity index is 1.87. The quantitative estimate of drug-likeness (QED) is 0.387. The summed E-state index contributed by atoms with van der Waals surface area (Å²) in [4.78, 5) is 17.0. The molecule has 158 valence electrons. The van der Waals surface area contributed by atoms with E-state index in [0.717, 1.165) is 61.7 Å². The highest BCUT2D eigenvalue weighted by Gasteiger charge is 2.23. The molecule has 2 N–H and O–H groups in total. The SMILES string of the molecule is CCc1c(-c2ccc3ncccc3c2)ccc(C(N)=O)c1-c1c(C)n(C)c2ccccc12. The van der Waals surface area contributed by atoms with Gasteiger partial charge in [0.2, 0.25) is 5.91 Å². The van der Waals surface area contributed by atoms with E-state index in [0.29, 0.717) is 5.56 Å². The third kappa shape index (κ3) is 2.99. The van der Waals surface area contributed by atoms with Gasteiger partial charge in [0.1, 0.15) is 0 Å². The molecular formula is C28H25N3O. The Kier molecular flexibility index (Phi) is 4.78. The summed E-state index contributed by atoms with van der Waals surface area (Å²) in [5, 5.41) is 2.22. The van der Waals surface area contributed by atoms with Crippen LogP contribution in [0.25, 0.3) is 44.1 Å². The van der Waals surface area contributed by atoms with Crippen LogP contribution in [-0.2, 0) is 13.5 Å². The van der Waals surface area contributed by atoms with Crippen LogP contribution in [0.5, 0.6) is 0 Å². The van der Waals surface area contributed by atoms with Crippen LogP contribution in [0.2, 0.25) is 0 Å². The Labute approximate surface area is 187 Å². The van der Waals surface area contributed by atoms with Crippen LogP contribution >= 0.6 is 0 Å². The lowest BCUT2D eigenvalue weighted by molar-refractivity contribution is 0.100. The van der Waals surface area contributed by atoms with Crippen molar-refractivity contribution in [2.24, 2.45) is 12.8 Å². The Bertz CT molecular complexity index is 1510. The molecule has 0 aliphatic carbocycles. The molecule has 2 aromatic heterocycles. The molecule has 0 aliphatic heterocycles. The number of carbonyl (C=O) groups excluding carboxylic acids is 1. The normalized spacial score (nSPS) is 11.3. The summed E-state index contributed by atoms with van der Waals surface area (Å²) >= 11 is 0. The third-order valence-electron chi connectivity index (χ3n) is 6.50. The summed E-state index contributed by atoms with van der Waals surface area (Å²) in [6.07, 6.45) is 2.59. The van der Waals surface area contributed by atoms with E-state index in [2.05, 4.69) is 66.8 Å². The number of aromatic nitrogens is 2. The van der Waals surface area contributed by atoms with Gasteiger partial charge in [0, 0.05) is 51.9 Å². The number of fused-ring (bicyclic) bond motifs is 2. The number of pyridine rings is 1. The average molecular weight is 420 g/mol. The maximum Gasteiger partial charge on any atom is 0.249 e. The van der Waals surface area contributed by atoms with Crippen molar-refractivity contribution >= 4 is 27.7 Å². The highest BCUT2D eigenvalue weighted by molar-refractivity contribution is 6.08. The fraction of sp³-hybridized carbons (Fsp3) is 0.143. The number of amides is 1. The van der Waals surface area contributed by atoms with Crippen molar-refractivity contribution in [3.63, 3.8) is 0 Å². The first-order valence-corrected chi connectivity index (χ1v) is 10.9. The van der Waals surface area contributed by atoms with Crippen LogP contribution in [0, 0.1) is 6.92 Å². The molecule has 0 aliphatic rings. The predicted molar refractivity (Wildman–Crippen MR) is 132 cm³/mol. The molecule has 0 radical (unpaired) electrons. The van der Waals surface area contributed by atoms with Crippen LogP contribution in [0.4, 0.5) is 0 Å². The standard InChI is InChI=1S/C28H25N3O/c1-4-20-21(18-11-14-24-19(16-18)8-7-15-30-24)12-13-23(28(29)32)27(20)26-17(2)31(3)25-10-6-5-9-22(25)26/h5-16H,4H2,1-3H3,(H2,29,32). The van der Waals surface area contributed by atoms with Gasteiger partial charge in [-0.05, 0) is 60.4 Å². The Hall–Kier alpha value is -3.92. The van der Waals surface area contributed by atoms with E-state index in [-0.39, 0.29) is 0 Å². The van der Waals surface area contributed by atoms with Crippen LogP contribution in [0.3, 0.4) is 0 Å². The summed E-state index contributed by atoms with van der Waals surface area (Å²) in [6, 6.07) is 22.6. The van der Waals surface area contributed by atoms with Crippen molar-refractivity contribution in [1.29, 1.82) is 0 Å². The molecule has 0 spiro atoms. The molecule has 0 saturated heterocycles. The molecule has 2 heterocycles. The number of aryl methyl sites for hydroxylation is 1. The van der Waals surface area contributed by atoms with E-state index in [1.165, 1.54) is 0 Å². The summed E-state index contributed by atoms with van der Waals surface area (Å²) in [6.45, 7) is 4.24.